The SMILES string of the molecule is O=C1NCCCNc2ncc(cn2)-c2ccnc(c2)Nc2cccc(c2)CN2CCN(CC2)C12COC2. The van der Waals surface area contributed by atoms with Crippen LogP contribution in [0.3, 0.4) is 0 Å². The molecule has 37 heavy (non-hydrogen) atoms. The lowest BCUT2D eigenvalue weighted by Crippen LogP contribution is -2.72. The van der Waals surface area contributed by atoms with Gasteiger partial charge in [-0.05, 0) is 41.8 Å². The van der Waals surface area contributed by atoms with E-state index in [2.05, 4.69) is 65.0 Å². The minimum absolute atomic E-state index is 0.0698. The minimum atomic E-state index is -0.543. The summed E-state index contributed by atoms with van der Waals surface area (Å²) in [5.74, 6) is 1.41. The quantitative estimate of drug-likeness (QED) is 0.428. The van der Waals surface area contributed by atoms with Crippen molar-refractivity contribution in [3.05, 3.63) is 60.6 Å². The number of benzene rings is 1. The van der Waals surface area contributed by atoms with E-state index in [1.807, 2.05) is 24.5 Å². The number of aromatic nitrogens is 3. The highest BCUT2D eigenvalue weighted by Crippen LogP contribution is 2.28. The van der Waals surface area contributed by atoms with E-state index >= 15 is 0 Å². The highest BCUT2D eigenvalue weighted by atomic mass is 16.5. The molecule has 1 spiro atoms. The second kappa shape index (κ2) is 10.4. The van der Waals surface area contributed by atoms with Crippen LogP contribution in [0.2, 0.25) is 0 Å². The van der Waals surface area contributed by atoms with Gasteiger partial charge in [-0.2, -0.15) is 0 Å². The molecule has 2 aromatic heterocycles. The van der Waals surface area contributed by atoms with Crippen LogP contribution < -0.4 is 16.0 Å². The molecule has 0 saturated carbocycles. The fourth-order valence-corrected chi connectivity index (χ4v) is 5.14. The Kier molecular flexibility index (Phi) is 6.69. The summed E-state index contributed by atoms with van der Waals surface area (Å²) in [5, 5.41) is 9.82. The smallest absolute Gasteiger partial charge is 0.245 e. The van der Waals surface area contributed by atoms with Gasteiger partial charge in [0.1, 0.15) is 11.4 Å². The Labute approximate surface area is 216 Å². The molecule has 0 unspecified atom stereocenters. The van der Waals surface area contributed by atoms with Gasteiger partial charge < -0.3 is 20.7 Å². The van der Waals surface area contributed by atoms with Crippen LogP contribution in [-0.4, -0.2) is 88.7 Å². The molecular weight excluding hydrogens is 468 g/mol. The van der Waals surface area contributed by atoms with Gasteiger partial charge in [-0.3, -0.25) is 14.6 Å². The molecule has 0 radical (unpaired) electrons. The summed E-state index contributed by atoms with van der Waals surface area (Å²) in [4.78, 5) is 31.4. The van der Waals surface area contributed by atoms with Crippen molar-refractivity contribution in [3.63, 3.8) is 0 Å². The van der Waals surface area contributed by atoms with Crippen molar-refractivity contribution in [1.82, 2.24) is 30.1 Å². The highest BCUT2D eigenvalue weighted by molar-refractivity contribution is 5.87. The van der Waals surface area contributed by atoms with Gasteiger partial charge in [-0.25, -0.2) is 15.0 Å². The van der Waals surface area contributed by atoms with Crippen LogP contribution >= 0.6 is 0 Å². The van der Waals surface area contributed by atoms with Crippen LogP contribution in [0.15, 0.2) is 55.0 Å². The molecule has 0 atom stereocenters. The van der Waals surface area contributed by atoms with Crippen molar-refractivity contribution in [2.24, 2.45) is 0 Å². The zero-order valence-corrected chi connectivity index (χ0v) is 20.8. The number of carbonyl (C=O) groups is 1. The molecule has 10 heteroatoms. The topological polar surface area (TPSA) is 108 Å². The van der Waals surface area contributed by atoms with E-state index < -0.39 is 5.54 Å². The molecule has 1 amide bonds. The molecule has 10 nitrogen and oxygen atoms in total. The van der Waals surface area contributed by atoms with E-state index in [0.717, 1.165) is 61.8 Å². The number of hydrogen-bond acceptors (Lipinski definition) is 9. The number of ether oxygens (including phenoxy) is 1. The third-order valence-electron chi connectivity index (χ3n) is 7.35. The lowest BCUT2D eigenvalue weighted by Gasteiger charge is -2.50. The Morgan fingerprint density at radius 3 is 2.49 bits per heavy atom. The number of nitrogens with one attached hydrogen (secondary N) is 3. The van der Waals surface area contributed by atoms with Crippen LogP contribution in [0, 0.1) is 0 Å². The molecule has 8 bridgehead atoms. The van der Waals surface area contributed by atoms with Crippen molar-refractivity contribution in [3.8, 4) is 11.1 Å². The van der Waals surface area contributed by atoms with E-state index in [1.54, 1.807) is 6.20 Å². The van der Waals surface area contributed by atoms with Crippen molar-refractivity contribution < 1.29 is 9.53 Å². The van der Waals surface area contributed by atoms with Gasteiger partial charge in [-0.15, -0.1) is 0 Å². The minimum Gasteiger partial charge on any atom is -0.376 e. The van der Waals surface area contributed by atoms with Gasteiger partial charge in [0, 0.05) is 75.7 Å². The molecule has 6 aliphatic heterocycles. The van der Waals surface area contributed by atoms with E-state index in [0.29, 0.717) is 32.3 Å². The Morgan fingerprint density at radius 1 is 0.892 bits per heavy atom. The molecule has 192 valence electrons. The predicted octanol–water partition coefficient (Wildman–Crippen LogP) is 2.10. The lowest BCUT2D eigenvalue weighted by atomic mass is 9.92. The fourth-order valence-electron chi connectivity index (χ4n) is 5.14. The molecule has 6 aliphatic rings. The van der Waals surface area contributed by atoms with Crippen molar-refractivity contribution in [2.45, 2.75) is 18.5 Å². The third kappa shape index (κ3) is 5.13. The Bertz CT molecular complexity index is 1240. The number of hydrogen-bond donors (Lipinski definition) is 3. The Morgan fingerprint density at radius 2 is 1.70 bits per heavy atom. The zero-order chi connectivity index (χ0) is 25.1. The maximum Gasteiger partial charge on any atom is 0.245 e. The summed E-state index contributed by atoms with van der Waals surface area (Å²) in [6, 6.07) is 12.4. The first-order valence-electron chi connectivity index (χ1n) is 12.9. The molecule has 2 fully saturated rings. The zero-order valence-electron chi connectivity index (χ0n) is 20.8. The van der Waals surface area contributed by atoms with Crippen LogP contribution in [0.5, 0.6) is 0 Å². The maximum atomic E-state index is 13.2. The summed E-state index contributed by atoms with van der Waals surface area (Å²) in [7, 11) is 0. The monoisotopic (exact) mass is 500 g/mol. The largest absolute Gasteiger partial charge is 0.376 e. The van der Waals surface area contributed by atoms with Crippen molar-refractivity contribution in [1.29, 1.82) is 0 Å². The number of anilines is 3. The Balaban J connectivity index is 1.24. The molecule has 0 aliphatic carbocycles. The van der Waals surface area contributed by atoms with Gasteiger partial charge in [0.05, 0.1) is 13.2 Å². The van der Waals surface area contributed by atoms with Gasteiger partial charge >= 0.3 is 0 Å². The summed E-state index contributed by atoms with van der Waals surface area (Å²) >= 11 is 0. The first-order chi connectivity index (χ1) is 18.2. The molecule has 1 aromatic carbocycles. The summed E-state index contributed by atoms with van der Waals surface area (Å²) in [6.07, 6.45) is 6.19. The first kappa shape index (κ1) is 23.8. The van der Waals surface area contributed by atoms with Crippen LogP contribution in [0.25, 0.3) is 11.1 Å². The summed E-state index contributed by atoms with van der Waals surface area (Å²) < 4.78 is 5.53. The maximum absolute atomic E-state index is 13.2. The van der Waals surface area contributed by atoms with Crippen molar-refractivity contribution in [2.75, 3.05) is 63.1 Å². The number of piperazine rings is 1. The first-order valence-corrected chi connectivity index (χ1v) is 12.9. The fraction of sp³-hybridized carbons (Fsp3) is 0.407. The van der Waals surface area contributed by atoms with Gasteiger partial charge in [0.25, 0.3) is 0 Å². The summed E-state index contributed by atoms with van der Waals surface area (Å²) in [6.45, 7) is 6.57. The standard InChI is InChI=1S/C27H32N8O2/c36-25-27(18-37-19-27)35-11-9-34(10-12-35)17-20-3-1-4-23(13-20)33-24-14-21(5-8-28-24)22-15-31-26(32-16-22)30-7-2-6-29-25/h1,3-5,8,13-16H,2,6-7,9-12,17-19H2,(H,28,33)(H,29,36)(H,30,31,32). The Hall–Kier alpha value is -3.60. The van der Waals surface area contributed by atoms with Gasteiger partial charge in [0.2, 0.25) is 11.9 Å². The van der Waals surface area contributed by atoms with Gasteiger partial charge in [0.15, 0.2) is 0 Å². The molecule has 9 rings (SSSR count). The molecule has 2 saturated heterocycles. The number of rotatable bonds is 0. The average molecular weight is 501 g/mol. The van der Waals surface area contributed by atoms with E-state index in [9.17, 15) is 4.79 Å². The van der Waals surface area contributed by atoms with E-state index in [4.69, 9.17) is 4.74 Å². The number of carbonyl (C=O) groups excluding carboxylic acids is 1. The second-order valence-electron chi connectivity index (χ2n) is 9.87. The molecule has 3 aromatic rings. The van der Waals surface area contributed by atoms with Crippen LogP contribution in [0.1, 0.15) is 12.0 Å². The molecular formula is C27H32N8O2. The molecule has 3 N–H and O–H groups in total. The van der Waals surface area contributed by atoms with E-state index in [-0.39, 0.29) is 5.91 Å². The third-order valence-corrected chi connectivity index (χ3v) is 7.35. The van der Waals surface area contributed by atoms with Crippen molar-refractivity contribution >= 4 is 23.4 Å². The van der Waals surface area contributed by atoms with E-state index in [1.165, 1.54) is 5.56 Å². The van der Waals surface area contributed by atoms with Crippen LogP contribution in [-0.2, 0) is 16.1 Å². The number of pyridine rings is 1. The summed E-state index contributed by atoms with van der Waals surface area (Å²) in [5.41, 5.74) is 3.61. The number of amides is 1. The number of nitrogens with zero attached hydrogens (tertiary/aromatic N) is 5. The normalized spacial score (nSPS) is 23.4. The van der Waals surface area contributed by atoms with Crippen LogP contribution in [0.4, 0.5) is 17.5 Å². The molecule has 8 heterocycles. The van der Waals surface area contributed by atoms with Gasteiger partial charge in [-0.1, -0.05) is 12.1 Å². The highest BCUT2D eigenvalue weighted by Gasteiger charge is 2.51. The lowest BCUT2D eigenvalue weighted by molar-refractivity contribution is -0.174. The average Bonchev–Trinajstić information content (AvgIpc) is 2.89. The predicted molar refractivity (Wildman–Crippen MR) is 142 cm³/mol. The second-order valence-corrected chi connectivity index (χ2v) is 9.87.